The number of halogens is 1. The first-order chi connectivity index (χ1) is 9.70. The molecule has 1 aliphatic rings. The summed E-state index contributed by atoms with van der Waals surface area (Å²) in [4.78, 5) is 21.6. The minimum absolute atomic E-state index is 0.140. The molecule has 21 heavy (non-hydrogen) atoms. The van der Waals surface area contributed by atoms with E-state index in [-0.39, 0.29) is 24.3 Å². The van der Waals surface area contributed by atoms with E-state index in [0.29, 0.717) is 0 Å². The van der Waals surface area contributed by atoms with Gasteiger partial charge in [-0.05, 0) is 13.0 Å². The van der Waals surface area contributed by atoms with Crippen molar-refractivity contribution in [3.8, 4) is 0 Å². The highest BCUT2D eigenvalue weighted by Gasteiger charge is 2.28. The summed E-state index contributed by atoms with van der Waals surface area (Å²) in [6, 6.07) is 1.93. The molecule has 0 aliphatic carbocycles. The summed E-state index contributed by atoms with van der Waals surface area (Å²) < 4.78 is 32.7. The Balaban J connectivity index is 2.48. The lowest BCUT2D eigenvalue weighted by atomic mass is 10.1. The van der Waals surface area contributed by atoms with Crippen molar-refractivity contribution in [3.05, 3.63) is 33.4 Å². The van der Waals surface area contributed by atoms with Crippen LogP contribution in [0, 0.1) is 17.0 Å². The van der Waals surface area contributed by atoms with E-state index >= 15 is 0 Å². The van der Waals surface area contributed by atoms with Crippen LogP contribution in [0.5, 0.6) is 0 Å². The first-order valence-electron chi connectivity index (χ1n) is 5.72. The van der Waals surface area contributed by atoms with Crippen molar-refractivity contribution >= 4 is 31.4 Å². The fraction of sp³-hybridized carbons (Fsp3) is 0.364. The zero-order chi connectivity index (χ0) is 15.8. The van der Waals surface area contributed by atoms with Gasteiger partial charge in [0, 0.05) is 22.3 Å². The van der Waals surface area contributed by atoms with Crippen LogP contribution < -0.4 is 0 Å². The molecule has 8 nitrogen and oxygen atoms in total. The summed E-state index contributed by atoms with van der Waals surface area (Å²) in [5.74, 6) is -0.868. The summed E-state index contributed by atoms with van der Waals surface area (Å²) in [7, 11) is 1.01. The number of ether oxygens (including phenoxy) is 2. The van der Waals surface area contributed by atoms with Crippen molar-refractivity contribution in [2.45, 2.75) is 17.9 Å². The maximum atomic E-state index is 11.9. The van der Waals surface area contributed by atoms with Crippen molar-refractivity contribution in [3.63, 3.8) is 0 Å². The lowest BCUT2D eigenvalue weighted by Crippen LogP contribution is -2.37. The first kappa shape index (κ1) is 15.7. The van der Waals surface area contributed by atoms with Gasteiger partial charge in [0.25, 0.3) is 14.7 Å². The fourth-order valence-electron chi connectivity index (χ4n) is 1.74. The molecule has 114 valence electrons. The summed E-state index contributed by atoms with van der Waals surface area (Å²) in [5.41, 5.74) is -0.912. The summed E-state index contributed by atoms with van der Waals surface area (Å²) in [6.07, 6.45) is -0.436. The van der Waals surface area contributed by atoms with E-state index in [0.717, 1.165) is 12.1 Å². The molecular weight excluding hydrogens is 326 g/mol. The standard InChI is InChI=1S/C11H10ClNO7S/c1-6-9(13(15)16)2-7(3-10(6)21(12,17)18)11(14)20-8-4-19-5-8/h2-3,8H,4-5H2,1H3. The van der Waals surface area contributed by atoms with E-state index in [1.54, 1.807) is 0 Å². The molecule has 2 rings (SSSR count). The fourth-order valence-corrected chi connectivity index (χ4v) is 2.95. The van der Waals surface area contributed by atoms with Crippen molar-refractivity contribution in [1.82, 2.24) is 0 Å². The maximum Gasteiger partial charge on any atom is 0.338 e. The second kappa shape index (κ2) is 5.58. The van der Waals surface area contributed by atoms with Crippen LogP contribution >= 0.6 is 10.7 Å². The van der Waals surface area contributed by atoms with E-state index in [2.05, 4.69) is 0 Å². The molecule has 0 saturated carbocycles. The third kappa shape index (κ3) is 3.31. The Bertz CT molecular complexity index is 712. The number of hydrogen-bond donors (Lipinski definition) is 0. The molecule has 0 unspecified atom stereocenters. The molecule has 0 spiro atoms. The molecule has 0 amide bonds. The van der Waals surface area contributed by atoms with Crippen LogP contribution in [-0.4, -0.2) is 38.6 Å². The Morgan fingerprint density at radius 3 is 2.52 bits per heavy atom. The summed E-state index contributed by atoms with van der Waals surface area (Å²) in [6.45, 7) is 1.71. The molecule has 0 atom stereocenters. The van der Waals surface area contributed by atoms with Gasteiger partial charge in [0.2, 0.25) is 0 Å². The van der Waals surface area contributed by atoms with Gasteiger partial charge in [-0.3, -0.25) is 10.1 Å². The largest absolute Gasteiger partial charge is 0.454 e. The molecule has 1 saturated heterocycles. The van der Waals surface area contributed by atoms with Crippen molar-refractivity contribution in [2.24, 2.45) is 0 Å². The number of nitro benzene ring substituents is 1. The second-order valence-electron chi connectivity index (χ2n) is 4.38. The number of nitrogens with zero attached hydrogens (tertiary/aromatic N) is 1. The molecule has 0 aromatic heterocycles. The quantitative estimate of drug-likeness (QED) is 0.353. The van der Waals surface area contributed by atoms with E-state index in [4.69, 9.17) is 20.2 Å². The Morgan fingerprint density at radius 1 is 1.48 bits per heavy atom. The summed E-state index contributed by atoms with van der Waals surface area (Å²) >= 11 is 0. The minimum atomic E-state index is -4.23. The highest BCUT2D eigenvalue weighted by molar-refractivity contribution is 8.13. The topological polar surface area (TPSA) is 113 Å². The van der Waals surface area contributed by atoms with E-state index in [1.165, 1.54) is 6.92 Å². The average molecular weight is 336 g/mol. The Kier molecular flexibility index (Phi) is 4.17. The van der Waals surface area contributed by atoms with Crippen LogP contribution in [0.1, 0.15) is 15.9 Å². The first-order valence-corrected chi connectivity index (χ1v) is 8.03. The average Bonchev–Trinajstić information content (AvgIpc) is 2.31. The third-order valence-electron chi connectivity index (χ3n) is 2.91. The van der Waals surface area contributed by atoms with Gasteiger partial charge >= 0.3 is 5.97 Å². The number of carbonyl (C=O) groups excluding carboxylic acids is 1. The predicted molar refractivity (Wildman–Crippen MR) is 70.9 cm³/mol. The van der Waals surface area contributed by atoms with E-state index in [1.807, 2.05) is 0 Å². The lowest BCUT2D eigenvalue weighted by Gasteiger charge is -2.25. The number of nitro groups is 1. The number of rotatable bonds is 4. The molecule has 1 fully saturated rings. The molecule has 1 aliphatic heterocycles. The number of carbonyl (C=O) groups is 1. The molecule has 1 heterocycles. The number of benzene rings is 1. The Labute approximate surface area is 124 Å². The molecule has 1 aromatic carbocycles. The second-order valence-corrected chi connectivity index (χ2v) is 6.91. The SMILES string of the molecule is Cc1c([N+](=O)[O-])cc(C(=O)OC2COC2)cc1S(=O)(=O)Cl. The lowest BCUT2D eigenvalue weighted by molar-refractivity contribution is -0.385. The molecular formula is C11H10ClNO7S. The van der Waals surface area contributed by atoms with Gasteiger partial charge in [-0.25, -0.2) is 13.2 Å². The third-order valence-corrected chi connectivity index (χ3v) is 4.36. The van der Waals surface area contributed by atoms with Crippen LogP contribution in [0.15, 0.2) is 17.0 Å². The highest BCUT2D eigenvalue weighted by atomic mass is 35.7. The normalized spacial score (nSPS) is 15.3. The smallest absolute Gasteiger partial charge is 0.338 e. The van der Waals surface area contributed by atoms with Crippen molar-refractivity contribution in [2.75, 3.05) is 13.2 Å². The van der Waals surface area contributed by atoms with Crippen molar-refractivity contribution in [1.29, 1.82) is 0 Å². The van der Waals surface area contributed by atoms with Crippen LogP contribution in [-0.2, 0) is 18.5 Å². The molecule has 0 N–H and O–H groups in total. The van der Waals surface area contributed by atoms with Gasteiger partial charge < -0.3 is 9.47 Å². The number of esters is 1. The zero-order valence-electron chi connectivity index (χ0n) is 10.7. The maximum absolute atomic E-state index is 11.9. The minimum Gasteiger partial charge on any atom is -0.454 e. The van der Waals surface area contributed by atoms with Crippen LogP contribution in [0.25, 0.3) is 0 Å². The van der Waals surface area contributed by atoms with Crippen molar-refractivity contribution < 1.29 is 27.6 Å². The van der Waals surface area contributed by atoms with Gasteiger partial charge in [-0.2, -0.15) is 0 Å². The highest BCUT2D eigenvalue weighted by Crippen LogP contribution is 2.30. The summed E-state index contributed by atoms with van der Waals surface area (Å²) in [5, 5.41) is 11.0. The van der Waals surface area contributed by atoms with Gasteiger partial charge in [0.05, 0.1) is 28.6 Å². The molecule has 0 bridgehead atoms. The van der Waals surface area contributed by atoms with Gasteiger partial charge in [-0.1, -0.05) is 0 Å². The van der Waals surface area contributed by atoms with Crippen LogP contribution in [0.4, 0.5) is 5.69 Å². The van der Waals surface area contributed by atoms with Gasteiger partial charge in [0.15, 0.2) is 0 Å². The molecule has 1 aromatic rings. The van der Waals surface area contributed by atoms with Crippen LogP contribution in [0.3, 0.4) is 0 Å². The van der Waals surface area contributed by atoms with Gasteiger partial charge in [0.1, 0.15) is 6.10 Å². The van der Waals surface area contributed by atoms with Gasteiger partial charge in [-0.15, -0.1) is 0 Å². The van der Waals surface area contributed by atoms with E-state index < -0.39 is 36.6 Å². The Hall–Kier alpha value is -1.71. The zero-order valence-corrected chi connectivity index (χ0v) is 12.3. The van der Waals surface area contributed by atoms with E-state index in [9.17, 15) is 23.3 Å². The van der Waals surface area contributed by atoms with Crippen LogP contribution in [0.2, 0.25) is 0 Å². The molecule has 10 heteroatoms. The Morgan fingerprint density at radius 2 is 2.10 bits per heavy atom. The molecule has 0 radical (unpaired) electrons. The number of hydrogen-bond acceptors (Lipinski definition) is 7. The monoisotopic (exact) mass is 335 g/mol. The predicted octanol–water partition coefficient (Wildman–Crippen LogP) is 1.39.